The number of rotatable bonds is 1. The number of likely N-dealkylation sites (tertiary alicyclic amines) is 1. The van der Waals surface area contributed by atoms with Crippen molar-refractivity contribution in [2.75, 3.05) is 13.1 Å². The van der Waals surface area contributed by atoms with Crippen molar-refractivity contribution in [1.82, 2.24) is 15.2 Å². The van der Waals surface area contributed by atoms with E-state index < -0.39 is 5.60 Å². The van der Waals surface area contributed by atoms with Crippen LogP contribution in [0.5, 0.6) is 0 Å². The normalized spacial score (nSPS) is 26.2. The van der Waals surface area contributed by atoms with Crippen LogP contribution in [-0.4, -0.2) is 46.8 Å². The number of aromatic nitrogens is 1. The molecule has 1 amide bonds. The summed E-state index contributed by atoms with van der Waals surface area (Å²) >= 11 is 0. The first-order chi connectivity index (χ1) is 11.8. The van der Waals surface area contributed by atoms with Gasteiger partial charge in [-0.1, -0.05) is 0 Å². The number of amides is 1. The number of aromatic amines is 1. The number of nitrogens with one attached hydrogen (secondary N) is 2. The van der Waals surface area contributed by atoms with Crippen molar-refractivity contribution in [2.24, 2.45) is 0 Å². The average Bonchev–Trinajstić information content (AvgIpc) is 3.18. The van der Waals surface area contributed by atoms with Crippen LogP contribution in [0.4, 0.5) is 9.18 Å². The van der Waals surface area contributed by atoms with Crippen LogP contribution in [0.1, 0.15) is 38.7 Å². The molecule has 6 heteroatoms. The van der Waals surface area contributed by atoms with Crippen molar-refractivity contribution in [3.63, 3.8) is 0 Å². The number of hydrogen-bond acceptors (Lipinski definition) is 3. The fraction of sp³-hybridized carbons (Fsp3) is 0.526. The Morgan fingerprint density at radius 2 is 2.16 bits per heavy atom. The van der Waals surface area contributed by atoms with Crippen LogP contribution < -0.4 is 5.32 Å². The average molecular weight is 345 g/mol. The summed E-state index contributed by atoms with van der Waals surface area (Å²) in [6.45, 7) is 7.16. The van der Waals surface area contributed by atoms with E-state index in [9.17, 15) is 9.18 Å². The Bertz CT molecular complexity index is 811. The van der Waals surface area contributed by atoms with Gasteiger partial charge in [0.2, 0.25) is 0 Å². The molecule has 4 rings (SSSR count). The van der Waals surface area contributed by atoms with E-state index in [2.05, 4.69) is 10.3 Å². The molecule has 2 aromatic rings. The van der Waals surface area contributed by atoms with Crippen LogP contribution in [0.15, 0.2) is 24.4 Å². The zero-order chi connectivity index (χ0) is 17.8. The Balaban J connectivity index is 1.65. The van der Waals surface area contributed by atoms with Crippen molar-refractivity contribution in [1.29, 1.82) is 0 Å². The molecule has 3 heterocycles. The summed E-state index contributed by atoms with van der Waals surface area (Å²) in [7, 11) is 0. The summed E-state index contributed by atoms with van der Waals surface area (Å²) < 4.78 is 19.1. The predicted octanol–water partition coefficient (Wildman–Crippen LogP) is 3.37. The van der Waals surface area contributed by atoms with E-state index in [1.807, 2.05) is 37.9 Å². The SMILES string of the molecule is CC(C)(C)OC(=O)N1CC[C@H]2NCC(c3c[nH]c4cc(F)ccc34)[C@H]21. The van der Waals surface area contributed by atoms with Gasteiger partial charge in [-0.25, -0.2) is 9.18 Å². The minimum absolute atomic E-state index is 0.0684. The highest BCUT2D eigenvalue weighted by atomic mass is 19.1. The Labute approximate surface area is 146 Å². The van der Waals surface area contributed by atoms with Crippen molar-refractivity contribution in [2.45, 2.75) is 50.8 Å². The van der Waals surface area contributed by atoms with Crippen LogP contribution in [0.25, 0.3) is 10.9 Å². The molecule has 2 aliphatic rings. The summed E-state index contributed by atoms with van der Waals surface area (Å²) in [5.41, 5.74) is 1.42. The number of nitrogens with zero attached hydrogens (tertiary/aromatic N) is 1. The molecule has 2 N–H and O–H groups in total. The smallest absolute Gasteiger partial charge is 0.410 e. The maximum atomic E-state index is 13.5. The molecule has 25 heavy (non-hydrogen) atoms. The Hall–Kier alpha value is -2.08. The summed E-state index contributed by atoms with van der Waals surface area (Å²) in [5.74, 6) is -0.0844. The van der Waals surface area contributed by atoms with Gasteiger partial charge < -0.3 is 19.9 Å². The molecule has 0 radical (unpaired) electrons. The fourth-order valence-corrected chi connectivity index (χ4v) is 4.19. The predicted molar refractivity (Wildman–Crippen MR) is 94.1 cm³/mol. The van der Waals surface area contributed by atoms with E-state index >= 15 is 0 Å². The van der Waals surface area contributed by atoms with Gasteiger partial charge in [0.05, 0.1) is 6.04 Å². The third-order valence-corrected chi connectivity index (χ3v) is 5.17. The first-order valence-corrected chi connectivity index (χ1v) is 8.83. The van der Waals surface area contributed by atoms with Gasteiger partial charge in [0.25, 0.3) is 0 Å². The lowest BCUT2D eigenvalue weighted by Gasteiger charge is -2.31. The fourth-order valence-electron chi connectivity index (χ4n) is 4.19. The number of fused-ring (bicyclic) bond motifs is 2. The number of hydrogen-bond donors (Lipinski definition) is 2. The largest absolute Gasteiger partial charge is 0.444 e. The Kier molecular flexibility index (Phi) is 3.76. The number of carbonyl (C=O) groups excluding carboxylic acids is 1. The molecule has 134 valence electrons. The first-order valence-electron chi connectivity index (χ1n) is 8.83. The molecule has 1 unspecified atom stereocenters. The highest BCUT2D eigenvalue weighted by Gasteiger charge is 2.48. The van der Waals surface area contributed by atoms with Gasteiger partial charge in [0, 0.05) is 42.1 Å². The number of halogens is 1. The van der Waals surface area contributed by atoms with Crippen LogP contribution in [0.2, 0.25) is 0 Å². The number of benzene rings is 1. The highest BCUT2D eigenvalue weighted by molar-refractivity contribution is 5.84. The second kappa shape index (κ2) is 5.73. The summed E-state index contributed by atoms with van der Waals surface area (Å²) in [4.78, 5) is 17.7. The minimum atomic E-state index is -0.505. The molecule has 0 bridgehead atoms. The second-order valence-corrected chi connectivity index (χ2v) is 8.01. The van der Waals surface area contributed by atoms with E-state index in [-0.39, 0.29) is 29.9 Å². The van der Waals surface area contributed by atoms with E-state index in [4.69, 9.17) is 4.74 Å². The van der Waals surface area contributed by atoms with E-state index in [0.717, 1.165) is 29.4 Å². The van der Waals surface area contributed by atoms with Crippen molar-refractivity contribution in [3.05, 3.63) is 35.8 Å². The number of ether oxygens (including phenoxy) is 1. The van der Waals surface area contributed by atoms with Gasteiger partial charge in [0.1, 0.15) is 11.4 Å². The van der Waals surface area contributed by atoms with Crippen LogP contribution in [0.3, 0.4) is 0 Å². The zero-order valence-electron chi connectivity index (χ0n) is 14.8. The lowest BCUT2D eigenvalue weighted by atomic mass is 9.91. The van der Waals surface area contributed by atoms with E-state index in [1.165, 1.54) is 12.1 Å². The zero-order valence-corrected chi connectivity index (χ0v) is 14.8. The molecule has 1 aromatic heterocycles. The van der Waals surface area contributed by atoms with E-state index in [1.54, 1.807) is 0 Å². The molecule has 0 aliphatic carbocycles. The molecule has 5 nitrogen and oxygen atoms in total. The molecule has 2 fully saturated rings. The number of carbonyl (C=O) groups is 1. The maximum Gasteiger partial charge on any atom is 0.410 e. The van der Waals surface area contributed by atoms with Crippen LogP contribution in [0, 0.1) is 5.82 Å². The molecule has 3 atom stereocenters. The topological polar surface area (TPSA) is 57.4 Å². The Morgan fingerprint density at radius 3 is 2.92 bits per heavy atom. The third kappa shape index (κ3) is 2.88. The summed E-state index contributed by atoms with van der Waals surface area (Å²) in [6.07, 6.45) is 2.63. The molecule has 0 spiro atoms. The summed E-state index contributed by atoms with van der Waals surface area (Å²) in [5, 5.41) is 4.56. The van der Waals surface area contributed by atoms with Gasteiger partial charge in [-0.3, -0.25) is 0 Å². The van der Waals surface area contributed by atoms with Crippen LogP contribution >= 0.6 is 0 Å². The lowest BCUT2D eigenvalue weighted by Crippen LogP contribution is -2.44. The Morgan fingerprint density at radius 1 is 1.36 bits per heavy atom. The standard InChI is InChI=1S/C19H24FN3O2/c1-19(2,3)25-18(24)23-7-6-15-17(23)14(10-21-15)13-9-22-16-8-11(20)4-5-12(13)16/h4-5,8-9,14-15,17,21-22H,6-7,10H2,1-3H3/t14?,15-,17-/m1/s1. The molecular weight excluding hydrogens is 321 g/mol. The highest BCUT2D eigenvalue weighted by Crippen LogP contribution is 2.39. The van der Waals surface area contributed by atoms with Gasteiger partial charge in [-0.05, 0) is 51.0 Å². The monoisotopic (exact) mass is 345 g/mol. The summed E-state index contributed by atoms with van der Waals surface area (Å²) in [6, 6.07) is 5.16. The lowest BCUT2D eigenvalue weighted by molar-refractivity contribution is 0.0215. The molecule has 2 aliphatic heterocycles. The van der Waals surface area contributed by atoms with Crippen molar-refractivity contribution in [3.8, 4) is 0 Å². The number of H-pyrrole nitrogens is 1. The van der Waals surface area contributed by atoms with Gasteiger partial charge in [-0.2, -0.15) is 0 Å². The van der Waals surface area contributed by atoms with Gasteiger partial charge in [0.15, 0.2) is 0 Å². The molecular formula is C19H24FN3O2. The minimum Gasteiger partial charge on any atom is -0.444 e. The first kappa shape index (κ1) is 16.4. The molecule has 2 saturated heterocycles. The van der Waals surface area contributed by atoms with Crippen molar-refractivity contribution >= 4 is 17.0 Å². The van der Waals surface area contributed by atoms with Gasteiger partial charge >= 0.3 is 6.09 Å². The van der Waals surface area contributed by atoms with Crippen molar-refractivity contribution < 1.29 is 13.9 Å². The third-order valence-electron chi connectivity index (χ3n) is 5.17. The van der Waals surface area contributed by atoms with Gasteiger partial charge in [-0.15, -0.1) is 0 Å². The second-order valence-electron chi connectivity index (χ2n) is 8.01. The quantitative estimate of drug-likeness (QED) is 0.833. The van der Waals surface area contributed by atoms with E-state index in [0.29, 0.717) is 6.54 Å². The van der Waals surface area contributed by atoms with Crippen LogP contribution in [-0.2, 0) is 4.74 Å². The molecule has 0 saturated carbocycles. The molecule has 1 aromatic carbocycles. The maximum absolute atomic E-state index is 13.5.